The zero-order valence-corrected chi connectivity index (χ0v) is 7.67. The van der Waals surface area contributed by atoms with Gasteiger partial charge in [0, 0.05) is 4.75 Å². The molecule has 1 rings (SSSR count). The van der Waals surface area contributed by atoms with Gasteiger partial charge in [-0.3, -0.25) is 0 Å². The van der Waals surface area contributed by atoms with Crippen molar-refractivity contribution in [2.75, 3.05) is 6.61 Å². The Morgan fingerprint density at radius 3 is 2.90 bits per heavy atom. The molecule has 0 aliphatic carbocycles. The Labute approximate surface area is 67.7 Å². The lowest BCUT2D eigenvalue weighted by molar-refractivity contribution is 0.298. The predicted molar refractivity (Wildman–Crippen MR) is 46.1 cm³/mol. The van der Waals surface area contributed by atoms with E-state index in [1.54, 1.807) is 12.0 Å². The minimum absolute atomic E-state index is 0.424. The summed E-state index contributed by atoms with van der Waals surface area (Å²) in [5.41, 5.74) is 0. The first kappa shape index (κ1) is 8.41. The van der Waals surface area contributed by atoms with Crippen LogP contribution in [0.15, 0.2) is 0 Å². The van der Waals surface area contributed by atoms with Gasteiger partial charge in [-0.05, 0) is 38.2 Å². The molecule has 1 aliphatic heterocycles. The predicted octanol–water partition coefficient (Wildman–Crippen LogP) is 3.00. The molecule has 1 fully saturated rings. The van der Waals surface area contributed by atoms with Gasteiger partial charge >= 0.3 is 0 Å². The van der Waals surface area contributed by atoms with E-state index in [1.165, 1.54) is 25.7 Å². The van der Waals surface area contributed by atoms with Crippen LogP contribution in [0.2, 0.25) is 0 Å². The van der Waals surface area contributed by atoms with Gasteiger partial charge in [0.1, 0.15) is 0 Å². The van der Waals surface area contributed by atoms with Gasteiger partial charge in [0.2, 0.25) is 0 Å². The van der Waals surface area contributed by atoms with Crippen LogP contribution in [-0.2, 0) is 4.18 Å². The molecule has 0 aromatic rings. The molecular weight excluding hydrogens is 144 g/mol. The lowest BCUT2D eigenvalue weighted by atomic mass is 9.99. The maximum Gasteiger partial charge on any atom is 0.0614 e. The third kappa shape index (κ3) is 2.17. The first-order valence-electron chi connectivity index (χ1n) is 4.07. The van der Waals surface area contributed by atoms with Gasteiger partial charge in [-0.2, -0.15) is 0 Å². The molecule has 0 amide bonds. The van der Waals surface area contributed by atoms with E-state index in [2.05, 4.69) is 13.8 Å². The summed E-state index contributed by atoms with van der Waals surface area (Å²) in [6, 6.07) is 0. The second-order valence-electron chi connectivity index (χ2n) is 3.21. The van der Waals surface area contributed by atoms with Crippen LogP contribution in [0.4, 0.5) is 0 Å². The van der Waals surface area contributed by atoms with E-state index in [1.807, 2.05) is 0 Å². The molecule has 0 bridgehead atoms. The highest BCUT2D eigenvalue weighted by molar-refractivity contribution is 7.96. The molecule has 0 spiro atoms. The summed E-state index contributed by atoms with van der Waals surface area (Å²) in [6.45, 7) is 5.49. The average Bonchev–Trinajstić information content (AvgIpc) is 1.89. The van der Waals surface area contributed by atoms with Crippen LogP contribution in [0.3, 0.4) is 0 Å². The Kier molecular flexibility index (Phi) is 3.05. The topological polar surface area (TPSA) is 9.23 Å². The number of rotatable bonds is 2. The van der Waals surface area contributed by atoms with Crippen LogP contribution in [0.5, 0.6) is 0 Å². The fourth-order valence-corrected chi connectivity index (χ4v) is 2.43. The van der Waals surface area contributed by atoms with Gasteiger partial charge in [0.15, 0.2) is 0 Å². The van der Waals surface area contributed by atoms with Gasteiger partial charge in [0.05, 0.1) is 6.61 Å². The van der Waals surface area contributed by atoms with E-state index in [0.29, 0.717) is 4.75 Å². The second kappa shape index (κ2) is 3.63. The third-order valence-corrected chi connectivity index (χ3v) is 3.07. The summed E-state index contributed by atoms with van der Waals surface area (Å²) in [6.07, 6.45) is 5.12. The number of hydrogen-bond donors (Lipinski definition) is 0. The van der Waals surface area contributed by atoms with Crippen molar-refractivity contribution in [3.63, 3.8) is 0 Å². The molecule has 0 radical (unpaired) electrons. The van der Waals surface area contributed by atoms with Crippen molar-refractivity contribution in [3.8, 4) is 0 Å². The Morgan fingerprint density at radius 2 is 2.40 bits per heavy atom. The van der Waals surface area contributed by atoms with Gasteiger partial charge in [-0.1, -0.05) is 13.3 Å². The van der Waals surface area contributed by atoms with Crippen LogP contribution in [0.25, 0.3) is 0 Å². The molecule has 1 aliphatic rings. The summed E-state index contributed by atoms with van der Waals surface area (Å²) in [5, 5.41) is 0. The zero-order valence-electron chi connectivity index (χ0n) is 6.85. The quantitative estimate of drug-likeness (QED) is 0.574. The van der Waals surface area contributed by atoms with Crippen molar-refractivity contribution in [2.45, 2.75) is 44.3 Å². The fraction of sp³-hybridized carbons (Fsp3) is 1.00. The first-order valence-corrected chi connectivity index (χ1v) is 4.82. The van der Waals surface area contributed by atoms with Crippen LogP contribution in [0, 0.1) is 0 Å². The second-order valence-corrected chi connectivity index (χ2v) is 4.60. The summed E-state index contributed by atoms with van der Waals surface area (Å²) >= 11 is 1.69. The molecular formula is C8H16OS. The van der Waals surface area contributed by atoms with Gasteiger partial charge in [-0.25, -0.2) is 0 Å². The van der Waals surface area contributed by atoms with Crippen LogP contribution in [-0.4, -0.2) is 11.4 Å². The lowest BCUT2D eigenvalue weighted by Gasteiger charge is -2.31. The zero-order chi connectivity index (χ0) is 7.45. The standard InChI is InChI=1S/C8H16OS/c1-3-5-8(2)6-4-7-9-10-8/h3-7H2,1-2H3. The highest BCUT2D eigenvalue weighted by Crippen LogP contribution is 2.38. The molecule has 1 atom stereocenters. The maximum atomic E-state index is 5.35. The smallest absolute Gasteiger partial charge is 0.0614 e. The van der Waals surface area contributed by atoms with Crippen LogP contribution < -0.4 is 0 Å². The minimum atomic E-state index is 0.424. The maximum absolute atomic E-state index is 5.35. The molecule has 2 heteroatoms. The minimum Gasteiger partial charge on any atom is -0.315 e. The molecule has 60 valence electrons. The average molecular weight is 160 g/mol. The molecule has 1 unspecified atom stereocenters. The molecule has 0 aromatic carbocycles. The highest BCUT2D eigenvalue weighted by Gasteiger charge is 2.27. The summed E-state index contributed by atoms with van der Waals surface area (Å²) < 4.78 is 5.78. The monoisotopic (exact) mass is 160 g/mol. The Bertz CT molecular complexity index is 91.9. The third-order valence-electron chi connectivity index (χ3n) is 1.97. The van der Waals surface area contributed by atoms with Crippen molar-refractivity contribution >= 4 is 12.0 Å². The van der Waals surface area contributed by atoms with Crippen molar-refractivity contribution in [3.05, 3.63) is 0 Å². The Morgan fingerprint density at radius 1 is 1.60 bits per heavy atom. The van der Waals surface area contributed by atoms with E-state index in [9.17, 15) is 0 Å². The van der Waals surface area contributed by atoms with Crippen molar-refractivity contribution in [1.29, 1.82) is 0 Å². The van der Waals surface area contributed by atoms with E-state index in [4.69, 9.17) is 4.18 Å². The normalized spacial score (nSPS) is 34.2. The SMILES string of the molecule is CCCC1(C)CCCOS1. The van der Waals surface area contributed by atoms with Gasteiger partial charge < -0.3 is 4.18 Å². The first-order chi connectivity index (χ1) is 4.77. The van der Waals surface area contributed by atoms with E-state index < -0.39 is 0 Å². The largest absolute Gasteiger partial charge is 0.315 e. The fourth-order valence-electron chi connectivity index (χ4n) is 1.43. The Hall–Kier alpha value is 0.310. The van der Waals surface area contributed by atoms with Crippen LogP contribution >= 0.6 is 12.0 Å². The van der Waals surface area contributed by atoms with Gasteiger partial charge in [0.25, 0.3) is 0 Å². The molecule has 1 saturated heterocycles. The van der Waals surface area contributed by atoms with Gasteiger partial charge in [-0.15, -0.1) is 0 Å². The lowest BCUT2D eigenvalue weighted by Crippen LogP contribution is -2.24. The summed E-state index contributed by atoms with van der Waals surface area (Å²) in [7, 11) is 0. The molecule has 10 heavy (non-hydrogen) atoms. The summed E-state index contributed by atoms with van der Waals surface area (Å²) in [4.78, 5) is 0. The number of hydrogen-bond acceptors (Lipinski definition) is 2. The highest BCUT2D eigenvalue weighted by atomic mass is 32.2. The van der Waals surface area contributed by atoms with E-state index in [-0.39, 0.29) is 0 Å². The molecule has 1 nitrogen and oxygen atoms in total. The molecule has 1 heterocycles. The molecule has 0 N–H and O–H groups in total. The van der Waals surface area contributed by atoms with E-state index >= 15 is 0 Å². The van der Waals surface area contributed by atoms with Crippen molar-refractivity contribution in [2.24, 2.45) is 0 Å². The van der Waals surface area contributed by atoms with Crippen LogP contribution in [0.1, 0.15) is 39.5 Å². The van der Waals surface area contributed by atoms with Crippen molar-refractivity contribution < 1.29 is 4.18 Å². The van der Waals surface area contributed by atoms with E-state index in [0.717, 1.165) is 6.61 Å². The Balaban J connectivity index is 2.32. The van der Waals surface area contributed by atoms with Crippen molar-refractivity contribution in [1.82, 2.24) is 0 Å². The summed E-state index contributed by atoms with van der Waals surface area (Å²) in [5.74, 6) is 0. The molecule has 0 aromatic heterocycles. The molecule has 0 saturated carbocycles.